The van der Waals surface area contributed by atoms with Gasteiger partial charge in [0.15, 0.2) is 0 Å². The van der Waals surface area contributed by atoms with E-state index in [4.69, 9.17) is 0 Å². The Hall–Kier alpha value is -0.0800. The maximum atomic E-state index is 3.52. The molecule has 0 fully saturated rings. The number of hydrogen-bond acceptors (Lipinski definition) is 2. The lowest BCUT2D eigenvalue weighted by Crippen LogP contribution is -2.28. The predicted octanol–water partition coefficient (Wildman–Crippen LogP) is 2.74. The van der Waals surface area contributed by atoms with E-state index in [2.05, 4.69) is 44.8 Å². The Labute approximate surface area is 96.4 Å². The molecule has 0 saturated carbocycles. The molecular weight excluding hydrogens is 184 g/mol. The van der Waals surface area contributed by atoms with Crippen LogP contribution in [0, 0.1) is 5.41 Å². The molecule has 2 heteroatoms. The molecule has 0 atom stereocenters. The Morgan fingerprint density at radius 3 is 2.07 bits per heavy atom. The van der Waals surface area contributed by atoms with Crippen molar-refractivity contribution in [2.75, 3.05) is 32.7 Å². The van der Waals surface area contributed by atoms with E-state index >= 15 is 0 Å². The Balaban J connectivity index is 3.25. The summed E-state index contributed by atoms with van der Waals surface area (Å²) in [6, 6.07) is 0. The summed E-state index contributed by atoms with van der Waals surface area (Å²) in [5.41, 5.74) is 0.416. The van der Waals surface area contributed by atoms with Gasteiger partial charge in [0.2, 0.25) is 0 Å². The van der Waals surface area contributed by atoms with E-state index in [1.54, 1.807) is 0 Å². The number of nitrogens with zero attached hydrogens (tertiary/aromatic N) is 1. The average molecular weight is 214 g/mol. The highest BCUT2D eigenvalue weighted by Crippen LogP contribution is 2.10. The maximum absolute atomic E-state index is 3.52. The molecule has 0 aromatic heterocycles. The molecule has 0 unspecified atom stereocenters. The monoisotopic (exact) mass is 214 g/mol. The van der Waals surface area contributed by atoms with Gasteiger partial charge in [-0.15, -0.1) is 0 Å². The second-order valence-electron chi connectivity index (χ2n) is 5.47. The number of rotatable bonds is 8. The fourth-order valence-corrected chi connectivity index (χ4v) is 1.59. The minimum absolute atomic E-state index is 0.416. The summed E-state index contributed by atoms with van der Waals surface area (Å²) < 4.78 is 0. The van der Waals surface area contributed by atoms with E-state index in [9.17, 15) is 0 Å². The highest BCUT2D eigenvalue weighted by molar-refractivity contribution is 4.64. The summed E-state index contributed by atoms with van der Waals surface area (Å²) in [5.74, 6) is 0. The Kier molecular flexibility index (Phi) is 8.07. The fourth-order valence-electron chi connectivity index (χ4n) is 1.59. The zero-order valence-corrected chi connectivity index (χ0v) is 11.4. The Morgan fingerprint density at radius 2 is 1.60 bits per heavy atom. The van der Waals surface area contributed by atoms with Gasteiger partial charge < -0.3 is 10.2 Å². The minimum atomic E-state index is 0.416. The van der Waals surface area contributed by atoms with Crippen LogP contribution in [0.25, 0.3) is 0 Å². The minimum Gasteiger partial charge on any atom is -0.316 e. The average Bonchev–Trinajstić information content (AvgIpc) is 2.15. The van der Waals surface area contributed by atoms with Crippen LogP contribution in [0.5, 0.6) is 0 Å². The van der Waals surface area contributed by atoms with Gasteiger partial charge in [-0.2, -0.15) is 0 Å². The highest BCUT2D eigenvalue weighted by Gasteiger charge is 2.08. The zero-order chi connectivity index (χ0) is 11.7. The van der Waals surface area contributed by atoms with Crippen molar-refractivity contribution in [3.8, 4) is 0 Å². The SMILES string of the molecule is CCN(CC)CCCCNCC(C)(C)C. The van der Waals surface area contributed by atoms with E-state index in [0.717, 1.165) is 6.54 Å². The molecule has 1 N–H and O–H groups in total. The highest BCUT2D eigenvalue weighted by atomic mass is 15.1. The van der Waals surface area contributed by atoms with E-state index < -0.39 is 0 Å². The predicted molar refractivity (Wildman–Crippen MR) is 69.3 cm³/mol. The lowest BCUT2D eigenvalue weighted by atomic mass is 9.97. The third kappa shape index (κ3) is 10.2. The van der Waals surface area contributed by atoms with Crippen molar-refractivity contribution in [3.05, 3.63) is 0 Å². The van der Waals surface area contributed by atoms with E-state index in [-0.39, 0.29) is 0 Å². The molecule has 0 saturated heterocycles. The molecule has 0 radical (unpaired) electrons. The van der Waals surface area contributed by atoms with Gasteiger partial charge in [-0.05, 0) is 51.0 Å². The molecule has 92 valence electrons. The van der Waals surface area contributed by atoms with Crippen molar-refractivity contribution >= 4 is 0 Å². The standard InChI is InChI=1S/C13H30N2/c1-6-15(7-2)11-9-8-10-14-12-13(3,4)5/h14H,6-12H2,1-5H3. The van der Waals surface area contributed by atoms with Gasteiger partial charge in [0.1, 0.15) is 0 Å². The lowest BCUT2D eigenvalue weighted by Gasteiger charge is -2.20. The van der Waals surface area contributed by atoms with Crippen LogP contribution >= 0.6 is 0 Å². The number of unbranched alkanes of at least 4 members (excludes halogenated alkanes) is 1. The summed E-state index contributed by atoms with van der Waals surface area (Å²) in [7, 11) is 0. The Morgan fingerprint density at radius 1 is 1.00 bits per heavy atom. The summed E-state index contributed by atoms with van der Waals surface area (Å²) in [4.78, 5) is 2.49. The molecule has 2 nitrogen and oxygen atoms in total. The summed E-state index contributed by atoms with van der Waals surface area (Å²) in [6.07, 6.45) is 2.62. The first-order valence-corrected chi connectivity index (χ1v) is 6.42. The topological polar surface area (TPSA) is 15.3 Å². The second-order valence-corrected chi connectivity index (χ2v) is 5.47. The van der Waals surface area contributed by atoms with Crippen molar-refractivity contribution in [2.24, 2.45) is 5.41 Å². The molecule has 0 rings (SSSR count). The summed E-state index contributed by atoms with van der Waals surface area (Å²) >= 11 is 0. The quantitative estimate of drug-likeness (QED) is 0.625. The van der Waals surface area contributed by atoms with Gasteiger partial charge in [-0.3, -0.25) is 0 Å². The van der Waals surface area contributed by atoms with Crippen molar-refractivity contribution in [1.82, 2.24) is 10.2 Å². The summed E-state index contributed by atoms with van der Waals surface area (Å²) in [5, 5.41) is 3.52. The van der Waals surface area contributed by atoms with Crippen molar-refractivity contribution in [3.63, 3.8) is 0 Å². The van der Waals surface area contributed by atoms with Gasteiger partial charge in [0.25, 0.3) is 0 Å². The molecule has 0 aliphatic carbocycles. The second kappa shape index (κ2) is 8.12. The largest absolute Gasteiger partial charge is 0.316 e. The van der Waals surface area contributed by atoms with Crippen LogP contribution in [0.3, 0.4) is 0 Å². The van der Waals surface area contributed by atoms with Gasteiger partial charge in [0, 0.05) is 0 Å². The summed E-state index contributed by atoms with van der Waals surface area (Å²) in [6.45, 7) is 17.2. The van der Waals surface area contributed by atoms with Crippen molar-refractivity contribution < 1.29 is 0 Å². The first-order chi connectivity index (χ1) is 6.99. The molecule has 0 heterocycles. The maximum Gasteiger partial charge on any atom is -0.0000125 e. The third-order valence-corrected chi connectivity index (χ3v) is 2.63. The van der Waals surface area contributed by atoms with Crippen LogP contribution in [0.1, 0.15) is 47.5 Å². The van der Waals surface area contributed by atoms with Crippen LogP contribution in [0.2, 0.25) is 0 Å². The van der Waals surface area contributed by atoms with Gasteiger partial charge in [-0.1, -0.05) is 34.6 Å². The van der Waals surface area contributed by atoms with Crippen LogP contribution in [-0.4, -0.2) is 37.6 Å². The van der Waals surface area contributed by atoms with E-state index in [1.165, 1.54) is 39.0 Å². The van der Waals surface area contributed by atoms with Crippen molar-refractivity contribution in [1.29, 1.82) is 0 Å². The lowest BCUT2D eigenvalue weighted by molar-refractivity contribution is 0.294. The Bertz CT molecular complexity index is 134. The first kappa shape index (κ1) is 14.9. The smallest absolute Gasteiger partial charge is 0.0000125 e. The van der Waals surface area contributed by atoms with Crippen LogP contribution in [0.4, 0.5) is 0 Å². The van der Waals surface area contributed by atoms with E-state index in [0.29, 0.717) is 5.41 Å². The fraction of sp³-hybridized carbons (Fsp3) is 1.00. The van der Waals surface area contributed by atoms with Gasteiger partial charge in [0.05, 0.1) is 0 Å². The molecule has 15 heavy (non-hydrogen) atoms. The molecule has 0 spiro atoms. The van der Waals surface area contributed by atoms with E-state index in [1.807, 2.05) is 0 Å². The first-order valence-electron chi connectivity index (χ1n) is 6.42. The molecular formula is C13H30N2. The zero-order valence-electron chi connectivity index (χ0n) is 11.4. The number of hydrogen-bond donors (Lipinski definition) is 1. The molecule has 0 amide bonds. The molecule has 0 aromatic rings. The molecule has 0 bridgehead atoms. The van der Waals surface area contributed by atoms with Crippen LogP contribution < -0.4 is 5.32 Å². The molecule has 0 aliphatic heterocycles. The number of nitrogens with one attached hydrogen (secondary N) is 1. The molecule has 0 aromatic carbocycles. The molecule has 0 aliphatic rings. The van der Waals surface area contributed by atoms with Crippen LogP contribution in [-0.2, 0) is 0 Å². The van der Waals surface area contributed by atoms with Gasteiger partial charge in [-0.25, -0.2) is 0 Å². The third-order valence-electron chi connectivity index (χ3n) is 2.63. The van der Waals surface area contributed by atoms with Crippen LogP contribution in [0.15, 0.2) is 0 Å². The van der Waals surface area contributed by atoms with Gasteiger partial charge >= 0.3 is 0 Å². The van der Waals surface area contributed by atoms with Crippen molar-refractivity contribution in [2.45, 2.75) is 47.5 Å². The normalized spacial score (nSPS) is 12.4.